The van der Waals surface area contributed by atoms with Gasteiger partial charge in [0.2, 0.25) is 10.0 Å². The van der Waals surface area contributed by atoms with Gasteiger partial charge < -0.3 is 24.8 Å². The Hall–Kier alpha value is -2.92. The average Bonchev–Trinajstić information content (AvgIpc) is 3.57. The maximum absolute atomic E-state index is 13.2. The van der Waals surface area contributed by atoms with Crippen LogP contribution in [-0.2, 0) is 27.9 Å². The molecule has 6 rings (SSSR count). The number of fused-ring (bicyclic) bond motifs is 2. The van der Waals surface area contributed by atoms with Crippen molar-refractivity contribution in [1.29, 1.82) is 0 Å². The van der Waals surface area contributed by atoms with Crippen molar-refractivity contribution in [3.63, 3.8) is 0 Å². The minimum atomic E-state index is -3.72. The molecule has 1 amide bonds. The normalized spacial score (nSPS) is 20.4. The number of rotatable bonds is 4. The molecule has 0 spiro atoms. The highest BCUT2D eigenvalue weighted by Crippen LogP contribution is 2.36. The molecule has 0 fully saturated rings. The summed E-state index contributed by atoms with van der Waals surface area (Å²) in [4.78, 5) is 14.9. The van der Waals surface area contributed by atoms with E-state index < -0.39 is 16.1 Å². The predicted octanol–water partition coefficient (Wildman–Crippen LogP) is 0.938. The van der Waals surface area contributed by atoms with Gasteiger partial charge in [0.25, 0.3) is 5.91 Å². The fourth-order valence-electron chi connectivity index (χ4n) is 5.12. The number of hydrogen-bond acceptors (Lipinski definition) is 7. The molecular weight excluding hydrogens is 458 g/mol. The van der Waals surface area contributed by atoms with Crippen molar-refractivity contribution in [2.24, 2.45) is 0 Å². The Bertz CT molecular complexity index is 1300. The average molecular weight is 484 g/mol. The summed E-state index contributed by atoms with van der Waals surface area (Å²) in [6.07, 6.45) is -1.23. The van der Waals surface area contributed by atoms with Crippen LogP contribution in [-0.4, -0.2) is 68.0 Å². The Labute approximate surface area is 197 Å². The van der Waals surface area contributed by atoms with Gasteiger partial charge in [-0.25, -0.2) is 8.42 Å². The van der Waals surface area contributed by atoms with E-state index in [0.29, 0.717) is 49.9 Å². The van der Waals surface area contributed by atoms with Crippen molar-refractivity contribution in [3.05, 3.63) is 64.2 Å². The molecule has 2 aromatic carbocycles. The summed E-state index contributed by atoms with van der Waals surface area (Å²) < 4.78 is 38.9. The first-order valence-corrected chi connectivity index (χ1v) is 12.7. The maximum atomic E-state index is 13.2. The smallest absolute Gasteiger partial charge is 0.256 e. The Balaban J connectivity index is 1.14. The van der Waals surface area contributed by atoms with Gasteiger partial charge in [0.1, 0.15) is 13.2 Å². The molecule has 0 saturated heterocycles. The maximum Gasteiger partial charge on any atom is 0.256 e. The van der Waals surface area contributed by atoms with Crippen LogP contribution in [0.5, 0.6) is 11.5 Å². The molecule has 9 nitrogen and oxygen atoms in total. The van der Waals surface area contributed by atoms with Crippen molar-refractivity contribution >= 4 is 15.9 Å². The summed E-state index contributed by atoms with van der Waals surface area (Å²) in [6.45, 7) is 3.31. The molecule has 1 atom stereocenters. The first-order chi connectivity index (χ1) is 16.4. The molecule has 4 aliphatic heterocycles. The minimum Gasteiger partial charge on any atom is -0.486 e. The van der Waals surface area contributed by atoms with Crippen LogP contribution in [0, 0.1) is 0 Å². The second-order valence-electron chi connectivity index (χ2n) is 8.97. The van der Waals surface area contributed by atoms with Crippen LogP contribution in [0.15, 0.2) is 52.4 Å². The molecule has 2 N–H and O–H groups in total. The molecule has 2 aromatic rings. The molecule has 0 bridgehead atoms. The van der Waals surface area contributed by atoms with Crippen molar-refractivity contribution in [2.45, 2.75) is 24.1 Å². The Kier molecular flexibility index (Phi) is 5.14. The van der Waals surface area contributed by atoms with E-state index in [9.17, 15) is 18.3 Å². The number of nitrogens with zero attached hydrogens (tertiary/aromatic N) is 2. The van der Waals surface area contributed by atoms with E-state index in [0.717, 1.165) is 28.8 Å². The van der Waals surface area contributed by atoms with Gasteiger partial charge in [-0.2, -0.15) is 4.31 Å². The van der Waals surface area contributed by atoms with Crippen LogP contribution >= 0.6 is 0 Å². The molecule has 10 heteroatoms. The van der Waals surface area contributed by atoms with Gasteiger partial charge in [-0.15, -0.1) is 0 Å². The number of amides is 1. The summed E-state index contributed by atoms with van der Waals surface area (Å²) in [5, 5.41) is 14.1. The lowest BCUT2D eigenvalue weighted by Crippen LogP contribution is -2.38. The van der Waals surface area contributed by atoms with Crippen molar-refractivity contribution < 1.29 is 27.8 Å². The van der Waals surface area contributed by atoms with Crippen LogP contribution in [0.25, 0.3) is 0 Å². The summed E-state index contributed by atoms with van der Waals surface area (Å²) in [5.41, 5.74) is 4.57. The molecule has 4 heterocycles. The van der Waals surface area contributed by atoms with Crippen molar-refractivity contribution in [2.75, 3.05) is 39.4 Å². The number of hydrogen-bond donors (Lipinski definition) is 2. The molecule has 0 radical (unpaired) electrons. The number of nitrogens with one attached hydrogen (secondary N) is 1. The van der Waals surface area contributed by atoms with E-state index in [2.05, 4.69) is 5.32 Å². The van der Waals surface area contributed by atoms with Gasteiger partial charge in [0.05, 0.1) is 4.90 Å². The molecule has 1 unspecified atom stereocenters. The second kappa shape index (κ2) is 8.09. The monoisotopic (exact) mass is 483 g/mol. The van der Waals surface area contributed by atoms with E-state index >= 15 is 0 Å². The summed E-state index contributed by atoms with van der Waals surface area (Å²) in [6, 6.07) is 10.3. The first kappa shape index (κ1) is 21.6. The van der Waals surface area contributed by atoms with Crippen LogP contribution in [0.3, 0.4) is 0 Å². The van der Waals surface area contributed by atoms with Gasteiger partial charge in [0.15, 0.2) is 17.6 Å². The van der Waals surface area contributed by atoms with Crippen LogP contribution in [0.1, 0.15) is 22.8 Å². The molecular formula is C24H25N3O6S. The van der Waals surface area contributed by atoms with Crippen LogP contribution < -0.4 is 14.8 Å². The van der Waals surface area contributed by atoms with Crippen LogP contribution in [0.4, 0.5) is 0 Å². The fraction of sp³-hybridized carbons (Fsp3) is 0.375. The van der Waals surface area contributed by atoms with Gasteiger partial charge >= 0.3 is 0 Å². The molecule has 0 saturated carbocycles. The van der Waals surface area contributed by atoms with Gasteiger partial charge in [-0.05, 0) is 40.0 Å². The zero-order chi connectivity index (χ0) is 23.4. The van der Waals surface area contributed by atoms with E-state index in [1.165, 1.54) is 16.4 Å². The van der Waals surface area contributed by atoms with Crippen molar-refractivity contribution in [1.82, 2.24) is 14.5 Å². The number of carbonyl (C=O) groups is 1. The lowest BCUT2D eigenvalue weighted by molar-refractivity contribution is -0.139. The highest BCUT2D eigenvalue weighted by atomic mass is 32.2. The number of aliphatic hydroxyl groups is 1. The van der Waals surface area contributed by atoms with E-state index in [4.69, 9.17) is 9.47 Å². The quantitative estimate of drug-likeness (QED) is 0.623. The predicted molar refractivity (Wildman–Crippen MR) is 122 cm³/mol. The van der Waals surface area contributed by atoms with Crippen molar-refractivity contribution in [3.8, 4) is 11.5 Å². The van der Waals surface area contributed by atoms with Crippen LogP contribution in [0.2, 0.25) is 0 Å². The largest absolute Gasteiger partial charge is 0.486 e. The van der Waals surface area contributed by atoms with E-state index in [-0.39, 0.29) is 23.9 Å². The Morgan fingerprint density at radius 1 is 0.971 bits per heavy atom. The first-order valence-electron chi connectivity index (χ1n) is 11.3. The second-order valence-corrected chi connectivity index (χ2v) is 10.9. The SMILES string of the molecule is O=C(C(O)c1cccc2c1CNC2)N1CC2=C(C1)CN(S(=O)(=O)c1ccc3c(c1)OCCO3)C2. The third kappa shape index (κ3) is 3.49. The molecule has 4 aliphatic rings. The number of carbonyl (C=O) groups excluding carboxylic acids is 1. The molecule has 178 valence electrons. The topological polar surface area (TPSA) is 108 Å². The third-order valence-electron chi connectivity index (χ3n) is 6.92. The Morgan fingerprint density at radius 3 is 2.47 bits per heavy atom. The third-order valence-corrected chi connectivity index (χ3v) is 8.70. The zero-order valence-electron chi connectivity index (χ0n) is 18.5. The summed E-state index contributed by atoms with van der Waals surface area (Å²) in [7, 11) is -3.72. The Morgan fingerprint density at radius 2 is 1.71 bits per heavy atom. The zero-order valence-corrected chi connectivity index (χ0v) is 19.3. The fourth-order valence-corrected chi connectivity index (χ4v) is 6.57. The number of ether oxygens (including phenoxy) is 2. The molecule has 0 aliphatic carbocycles. The van der Waals surface area contributed by atoms with E-state index in [1.54, 1.807) is 17.0 Å². The summed E-state index contributed by atoms with van der Waals surface area (Å²) >= 11 is 0. The van der Waals surface area contributed by atoms with Gasteiger partial charge in [-0.1, -0.05) is 18.2 Å². The summed E-state index contributed by atoms with van der Waals surface area (Å²) in [5.74, 6) is 0.621. The number of benzene rings is 2. The highest BCUT2D eigenvalue weighted by molar-refractivity contribution is 7.89. The molecule has 0 aromatic heterocycles. The number of sulfonamides is 1. The van der Waals surface area contributed by atoms with Gasteiger partial charge in [-0.3, -0.25) is 4.79 Å². The number of aliphatic hydroxyl groups excluding tert-OH is 1. The van der Waals surface area contributed by atoms with E-state index in [1.807, 2.05) is 12.1 Å². The minimum absolute atomic E-state index is 0.160. The lowest BCUT2D eigenvalue weighted by Gasteiger charge is -2.25. The molecule has 34 heavy (non-hydrogen) atoms. The standard InChI is InChI=1S/C24H25N3O6S/c28-23(19-3-1-2-15-9-25-10-20(15)19)24(29)26-11-16-13-27(14-17(16)12-26)34(30,31)18-4-5-21-22(8-18)33-7-6-32-21/h1-5,8,23,25,28H,6-7,9-14H2. The van der Waals surface area contributed by atoms with Gasteiger partial charge in [0, 0.05) is 45.3 Å². The highest BCUT2D eigenvalue weighted by Gasteiger charge is 2.39. The lowest BCUT2D eigenvalue weighted by atomic mass is 9.98.